The van der Waals surface area contributed by atoms with Crippen LogP contribution in [0.4, 0.5) is 0 Å². The lowest BCUT2D eigenvalue weighted by Gasteiger charge is -2.15. The van der Waals surface area contributed by atoms with E-state index in [-0.39, 0.29) is 5.92 Å². The van der Waals surface area contributed by atoms with Crippen LogP contribution in [0.5, 0.6) is 5.88 Å². The number of hydrogen-bond acceptors (Lipinski definition) is 6. The van der Waals surface area contributed by atoms with Crippen LogP contribution in [0, 0.1) is 18.3 Å². The summed E-state index contributed by atoms with van der Waals surface area (Å²) in [4.78, 5) is 13.3. The molecule has 8 nitrogen and oxygen atoms in total. The summed E-state index contributed by atoms with van der Waals surface area (Å²) >= 11 is 0. The first kappa shape index (κ1) is 17.0. The van der Waals surface area contributed by atoms with Gasteiger partial charge in [0.1, 0.15) is 17.4 Å². The monoisotopic (exact) mass is 361 g/mol. The van der Waals surface area contributed by atoms with Gasteiger partial charge in [0.25, 0.3) is 0 Å². The van der Waals surface area contributed by atoms with Crippen LogP contribution in [0.2, 0.25) is 0 Å². The highest BCUT2D eigenvalue weighted by molar-refractivity contribution is 5.65. The van der Waals surface area contributed by atoms with Crippen LogP contribution in [-0.2, 0) is 6.54 Å². The van der Waals surface area contributed by atoms with Gasteiger partial charge in [-0.25, -0.2) is 19.6 Å². The van der Waals surface area contributed by atoms with Gasteiger partial charge in [0.15, 0.2) is 5.82 Å². The molecule has 0 spiro atoms. The van der Waals surface area contributed by atoms with Gasteiger partial charge >= 0.3 is 0 Å². The highest BCUT2D eigenvalue weighted by atomic mass is 16.5. The first-order valence-electron chi connectivity index (χ1n) is 8.76. The Labute approximate surface area is 156 Å². The van der Waals surface area contributed by atoms with Crippen molar-refractivity contribution in [3.8, 4) is 17.6 Å². The molecule has 0 fully saturated rings. The Balaban J connectivity index is 1.60. The summed E-state index contributed by atoms with van der Waals surface area (Å²) in [5, 5.41) is 13.7. The molecule has 0 amide bonds. The lowest BCUT2D eigenvalue weighted by Crippen LogP contribution is -2.15. The number of ether oxygens (including phenoxy) is 1. The van der Waals surface area contributed by atoms with E-state index in [9.17, 15) is 5.26 Å². The van der Waals surface area contributed by atoms with E-state index < -0.39 is 0 Å². The van der Waals surface area contributed by atoms with Crippen molar-refractivity contribution in [2.75, 3.05) is 7.11 Å². The van der Waals surface area contributed by atoms with Crippen molar-refractivity contribution in [1.29, 1.82) is 5.26 Å². The van der Waals surface area contributed by atoms with Crippen molar-refractivity contribution in [1.82, 2.24) is 29.3 Å². The van der Waals surface area contributed by atoms with Crippen LogP contribution in [-0.4, -0.2) is 36.4 Å². The van der Waals surface area contributed by atoms with E-state index in [2.05, 4.69) is 26.1 Å². The largest absolute Gasteiger partial charge is 0.479 e. The van der Waals surface area contributed by atoms with Gasteiger partial charge in [-0.3, -0.25) is 0 Å². The number of nitriles is 1. The molecule has 0 radical (unpaired) electrons. The molecule has 4 heterocycles. The van der Waals surface area contributed by atoms with Gasteiger partial charge < -0.3 is 9.30 Å². The Morgan fingerprint density at radius 1 is 1.30 bits per heavy atom. The second-order valence-corrected chi connectivity index (χ2v) is 6.40. The SMILES string of the molecule is COc1nc(/C=C/c2nc3n(n2)CCC[C@H]3C#N)ccc1-n1cnc(C)c1. The Morgan fingerprint density at radius 3 is 2.93 bits per heavy atom. The third-order valence-electron chi connectivity index (χ3n) is 4.50. The zero-order valence-corrected chi connectivity index (χ0v) is 15.2. The molecule has 136 valence electrons. The minimum atomic E-state index is -0.176. The number of aryl methyl sites for hydroxylation is 2. The van der Waals surface area contributed by atoms with Crippen molar-refractivity contribution in [2.45, 2.75) is 32.2 Å². The van der Waals surface area contributed by atoms with E-state index >= 15 is 0 Å². The van der Waals surface area contributed by atoms with E-state index in [1.807, 2.05) is 46.7 Å². The molecule has 1 aliphatic rings. The minimum absolute atomic E-state index is 0.176. The van der Waals surface area contributed by atoms with Gasteiger partial charge in [0.2, 0.25) is 5.88 Å². The van der Waals surface area contributed by atoms with Gasteiger partial charge in [0.05, 0.1) is 30.9 Å². The van der Waals surface area contributed by atoms with Crippen LogP contribution in [0.25, 0.3) is 17.8 Å². The molecule has 3 aromatic rings. The second kappa shape index (κ2) is 7.03. The summed E-state index contributed by atoms with van der Waals surface area (Å²) in [6.45, 7) is 2.74. The van der Waals surface area contributed by atoms with Gasteiger partial charge in [0, 0.05) is 12.7 Å². The van der Waals surface area contributed by atoms with Crippen molar-refractivity contribution >= 4 is 12.2 Å². The zero-order chi connectivity index (χ0) is 18.8. The summed E-state index contributed by atoms with van der Waals surface area (Å²) in [7, 11) is 1.59. The average Bonchev–Trinajstić information content (AvgIpc) is 3.31. The van der Waals surface area contributed by atoms with Crippen molar-refractivity contribution < 1.29 is 4.74 Å². The summed E-state index contributed by atoms with van der Waals surface area (Å²) in [5.74, 6) is 1.67. The average molecular weight is 361 g/mol. The standard InChI is InChI=1S/C19H19N7O/c1-13-11-25(12-21-13)16-7-5-15(22-19(16)27-2)6-8-17-23-18-14(10-20)4-3-9-26(18)24-17/h5-8,11-12,14H,3-4,9H2,1-2H3/b8-6+/t14-/m0/s1. The minimum Gasteiger partial charge on any atom is -0.479 e. The Bertz CT molecular complexity index is 1040. The molecule has 0 aromatic carbocycles. The maximum atomic E-state index is 9.25. The number of imidazole rings is 1. The lowest BCUT2D eigenvalue weighted by atomic mass is 10.0. The number of aromatic nitrogens is 6. The van der Waals surface area contributed by atoms with E-state index in [0.717, 1.165) is 42.3 Å². The van der Waals surface area contributed by atoms with Crippen LogP contribution >= 0.6 is 0 Å². The molecule has 27 heavy (non-hydrogen) atoms. The Morgan fingerprint density at radius 2 is 2.19 bits per heavy atom. The molecular formula is C19H19N7O. The Hall–Kier alpha value is -3.47. The predicted octanol–water partition coefficient (Wildman–Crippen LogP) is 2.75. The number of rotatable bonds is 4. The zero-order valence-electron chi connectivity index (χ0n) is 15.2. The van der Waals surface area contributed by atoms with E-state index in [1.54, 1.807) is 13.4 Å². The summed E-state index contributed by atoms with van der Waals surface area (Å²) in [6.07, 6.45) is 9.09. The third kappa shape index (κ3) is 3.31. The van der Waals surface area contributed by atoms with Crippen molar-refractivity contribution in [3.05, 3.63) is 47.7 Å². The molecule has 0 saturated heterocycles. The molecule has 0 aliphatic carbocycles. The van der Waals surface area contributed by atoms with Crippen molar-refractivity contribution in [2.24, 2.45) is 0 Å². The van der Waals surface area contributed by atoms with Gasteiger partial charge in [-0.2, -0.15) is 10.4 Å². The smallest absolute Gasteiger partial charge is 0.238 e. The molecular weight excluding hydrogens is 342 g/mol. The number of nitrogens with zero attached hydrogens (tertiary/aromatic N) is 7. The fourth-order valence-corrected chi connectivity index (χ4v) is 3.16. The van der Waals surface area contributed by atoms with Crippen molar-refractivity contribution in [3.63, 3.8) is 0 Å². The van der Waals surface area contributed by atoms with E-state index in [4.69, 9.17) is 4.74 Å². The van der Waals surface area contributed by atoms with Gasteiger partial charge in [-0.15, -0.1) is 0 Å². The molecule has 1 atom stereocenters. The number of methoxy groups -OCH3 is 1. The maximum absolute atomic E-state index is 9.25. The molecule has 0 unspecified atom stereocenters. The highest BCUT2D eigenvalue weighted by Crippen LogP contribution is 2.25. The third-order valence-corrected chi connectivity index (χ3v) is 4.50. The number of fused-ring (bicyclic) bond motifs is 1. The molecule has 1 aliphatic heterocycles. The van der Waals surface area contributed by atoms with Gasteiger partial charge in [-0.1, -0.05) is 0 Å². The summed E-state index contributed by atoms with van der Waals surface area (Å²) in [5.41, 5.74) is 2.48. The fourth-order valence-electron chi connectivity index (χ4n) is 3.16. The van der Waals surface area contributed by atoms with E-state index in [1.165, 1.54) is 0 Å². The predicted molar refractivity (Wildman–Crippen MR) is 99.2 cm³/mol. The normalized spacial score (nSPS) is 16.3. The van der Waals surface area contributed by atoms with E-state index in [0.29, 0.717) is 11.7 Å². The Kier molecular flexibility index (Phi) is 4.42. The van der Waals surface area contributed by atoms with Crippen LogP contribution in [0.3, 0.4) is 0 Å². The topological polar surface area (TPSA) is 94.4 Å². The maximum Gasteiger partial charge on any atom is 0.238 e. The fraction of sp³-hybridized carbons (Fsp3) is 0.316. The number of pyridine rings is 1. The van der Waals surface area contributed by atoms with Crippen LogP contribution in [0.1, 0.15) is 41.8 Å². The first-order valence-corrected chi connectivity index (χ1v) is 8.76. The second-order valence-electron chi connectivity index (χ2n) is 6.40. The number of hydrogen-bond donors (Lipinski definition) is 0. The lowest BCUT2D eigenvalue weighted by molar-refractivity contribution is 0.395. The molecule has 0 N–H and O–H groups in total. The molecule has 0 bridgehead atoms. The molecule has 4 rings (SSSR count). The highest BCUT2D eigenvalue weighted by Gasteiger charge is 2.23. The van der Waals surface area contributed by atoms with Crippen LogP contribution < -0.4 is 4.74 Å². The summed E-state index contributed by atoms with van der Waals surface area (Å²) < 4.78 is 9.14. The quantitative estimate of drug-likeness (QED) is 0.709. The first-order chi connectivity index (χ1) is 13.2. The van der Waals surface area contributed by atoms with Gasteiger partial charge in [-0.05, 0) is 44.1 Å². The molecule has 8 heteroatoms. The molecule has 3 aromatic heterocycles. The van der Waals surface area contributed by atoms with Crippen LogP contribution in [0.15, 0.2) is 24.7 Å². The summed E-state index contributed by atoms with van der Waals surface area (Å²) in [6, 6.07) is 6.14. The molecule has 0 saturated carbocycles.